The second kappa shape index (κ2) is 7.95. The van der Waals surface area contributed by atoms with E-state index >= 15 is 0 Å². The minimum Gasteiger partial charge on any atom is -0.357 e. The van der Waals surface area contributed by atoms with E-state index in [1.54, 1.807) is 11.0 Å². The van der Waals surface area contributed by atoms with Gasteiger partial charge in [-0.05, 0) is 25.0 Å². The van der Waals surface area contributed by atoms with Crippen LogP contribution in [0.1, 0.15) is 37.7 Å². The molecule has 0 fully saturated rings. The number of nitrogens with zero attached hydrogens (tertiary/aromatic N) is 4. The molecule has 130 valence electrons. The number of aliphatic imine (C=N–C) groups is 1. The van der Waals surface area contributed by atoms with Crippen molar-refractivity contribution in [3.63, 3.8) is 0 Å². The summed E-state index contributed by atoms with van der Waals surface area (Å²) in [7, 11) is 1.87. The van der Waals surface area contributed by atoms with Gasteiger partial charge in [0.1, 0.15) is 18.7 Å². The molecule has 0 amide bonds. The van der Waals surface area contributed by atoms with Crippen LogP contribution in [0.5, 0.6) is 0 Å². The molecular formula is C18H28N6. The summed E-state index contributed by atoms with van der Waals surface area (Å²) >= 11 is 0. The summed E-state index contributed by atoms with van der Waals surface area (Å²) in [5.74, 6) is 1.63. The zero-order valence-electron chi connectivity index (χ0n) is 15.3. The lowest BCUT2D eigenvalue weighted by molar-refractivity contribution is 0.505. The number of aryl methyl sites for hydroxylation is 2. The minimum absolute atomic E-state index is 0.00626. The lowest BCUT2D eigenvalue weighted by Gasteiger charge is -2.28. The van der Waals surface area contributed by atoms with E-state index in [4.69, 9.17) is 0 Å². The van der Waals surface area contributed by atoms with E-state index in [2.05, 4.69) is 77.7 Å². The largest absolute Gasteiger partial charge is 0.357 e. The second-order valence-electron chi connectivity index (χ2n) is 6.55. The molecule has 1 aromatic carbocycles. The van der Waals surface area contributed by atoms with Crippen LogP contribution >= 0.6 is 0 Å². The van der Waals surface area contributed by atoms with Crippen molar-refractivity contribution >= 4 is 5.96 Å². The molecule has 2 N–H and O–H groups in total. The third kappa shape index (κ3) is 4.57. The number of nitrogens with one attached hydrogen (secondary N) is 2. The fourth-order valence-electron chi connectivity index (χ4n) is 2.69. The number of benzene rings is 1. The third-order valence-corrected chi connectivity index (χ3v) is 4.10. The van der Waals surface area contributed by atoms with Gasteiger partial charge < -0.3 is 10.6 Å². The molecule has 0 bridgehead atoms. The summed E-state index contributed by atoms with van der Waals surface area (Å²) in [4.78, 5) is 8.81. The SMILES string of the molecule is CCNC(=NCc1ncnn1C)NCC(C)(C)c1ccccc1C. The van der Waals surface area contributed by atoms with Gasteiger partial charge in [-0.2, -0.15) is 5.10 Å². The van der Waals surface area contributed by atoms with Crippen LogP contribution in [0.2, 0.25) is 0 Å². The molecule has 1 heterocycles. The fraction of sp³-hybridized carbons (Fsp3) is 0.500. The van der Waals surface area contributed by atoms with Crippen molar-refractivity contribution in [2.75, 3.05) is 13.1 Å². The summed E-state index contributed by atoms with van der Waals surface area (Å²) in [6, 6.07) is 8.53. The maximum absolute atomic E-state index is 4.61. The van der Waals surface area contributed by atoms with Crippen molar-refractivity contribution < 1.29 is 0 Å². The average Bonchev–Trinajstić information content (AvgIpc) is 2.95. The Balaban J connectivity index is 2.05. The van der Waals surface area contributed by atoms with Crippen LogP contribution in [0, 0.1) is 6.92 Å². The molecule has 2 rings (SSSR count). The van der Waals surface area contributed by atoms with Crippen molar-refractivity contribution in [1.82, 2.24) is 25.4 Å². The molecule has 0 radical (unpaired) electrons. The highest BCUT2D eigenvalue weighted by atomic mass is 15.3. The average molecular weight is 328 g/mol. The highest BCUT2D eigenvalue weighted by Crippen LogP contribution is 2.25. The lowest BCUT2D eigenvalue weighted by atomic mass is 9.82. The van der Waals surface area contributed by atoms with Crippen LogP contribution < -0.4 is 10.6 Å². The molecule has 0 spiro atoms. The molecule has 6 heteroatoms. The number of rotatable bonds is 6. The van der Waals surface area contributed by atoms with Crippen LogP contribution in [0.4, 0.5) is 0 Å². The third-order valence-electron chi connectivity index (χ3n) is 4.10. The fourth-order valence-corrected chi connectivity index (χ4v) is 2.69. The summed E-state index contributed by atoms with van der Waals surface area (Å²) < 4.78 is 1.74. The van der Waals surface area contributed by atoms with Gasteiger partial charge in [-0.3, -0.25) is 4.68 Å². The molecule has 1 aromatic heterocycles. The zero-order chi connectivity index (χ0) is 17.6. The van der Waals surface area contributed by atoms with E-state index in [0.717, 1.165) is 24.9 Å². The Bertz CT molecular complexity index is 686. The molecule has 0 atom stereocenters. The van der Waals surface area contributed by atoms with E-state index in [1.807, 2.05) is 7.05 Å². The smallest absolute Gasteiger partial charge is 0.191 e. The Morgan fingerprint density at radius 3 is 2.62 bits per heavy atom. The van der Waals surface area contributed by atoms with Gasteiger partial charge in [0.2, 0.25) is 0 Å². The Morgan fingerprint density at radius 2 is 2.00 bits per heavy atom. The summed E-state index contributed by atoms with van der Waals surface area (Å²) in [6.45, 7) is 10.8. The first-order chi connectivity index (χ1) is 11.4. The van der Waals surface area contributed by atoms with Crippen molar-refractivity contribution in [3.8, 4) is 0 Å². The van der Waals surface area contributed by atoms with Gasteiger partial charge in [0.15, 0.2) is 5.96 Å². The normalized spacial score (nSPS) is 12.3. The molecular weight excluding hydrogens is 300 g/mol. The highest BCUT2D eigenvalue weighted by Gasteiger charge is 2.22. The highest BCUT2D eigenvalue weighted by molar-refractivity contribution is 5.79. The van der Waals surface area contributed by atoms with Gasteiger partial charge >= 0.3 is 0 Å². The van der Waals surface area contributed by atoms with Gasteiger partial charge in [-0.1, -0.05) is 38.1 Å². The summed E-state index contributed by atoms with van der Waals surface area (Å²) in [5, 5.41) is 10.8. The topological polar surface area (TPSA) is 67.1 Å². The molecule has 2 aromatic rings. The molecule has 0 aliphatic carbocycles. The maximum atomic E-state index is 4.61. The number of hydrogen-bond donors (Lipinski definition) is 2. The van der Waals surface area contributed by atoms with Gasteiger partial charge in [0, 0.05) is 25.6 Å². The Morgan fingerprint density at radius 1 is 1.25 bits per heavy atom. The quantitative estimate of drug-likeness (QED) is 0.630. The molecule has 0 aliphatic heterocycles. The Labute approximate surface area is 144 Å². The van der Waals surface area contributed by atoms with Gasteiger partial charge in [0.25, 0.3) is 0 Å². The maximum Gasteiger partial charge on any atom is 0.191 e. The predicted octanol–water partition coefficient (Wildman–Crippen LogP) is 2.16. The van der Waals surface area contributed by atoms with E-state index in [-0.39, 0.29) is 5.41 Å². The van der Waals surface area contributed by atoms with Gasteiger partial charge in [-0.25, -0.2) is 9.98 Å². The monoisotopic (exact) mass is 328 g/mol. The number of aromatic nitrogens is 3. The molecule has 6 nitrogen and oxygen atoms in total. The molecule has 0 saturated heterocycles. The Kier molecular flexibility index (Phi) is 5.95. The van der Waals surface area contributed by atoms with Gasteiger partial charge in [-0.15, -0.1) is 0 Å². The standard InChI is InChI=1S/C18H28N6/c1-6-19-17(20-11-16-22-13-23-24(16)5)21-12-18(3,4)15-10-8-7-9-14(15)2/h7-10,13H,6,11-12H2,1-5H3,(H2,19,20,21). The van der Waals surface area contributed by atoms with Crippen molar-refractivity contribution in [1.29, 1.82) is 0 Å². The predicted molar refractivity (Wildman–Crippen MR) is 98.0 cm³/mol. The minimum atomic E-state index is 0.00626. The zero-order valence-corrected chi connectivity index (χ0v) is 15.3. The van der Waals surface area contributed by atoms with E-state index < -0.39 is 0 Å². The van der Waals surface area contributed by atoms with Crippen LogP contribution in [0.15, 0.2) is 35.6 Å². The van der Waals surface area contributed by atoms with Crippen LogP contribution in [-0.2, 0) is 19.0 Å². The molecule has 0 unspecified atom stereocenters. The first kappa shape index (κ1) is 18.0. The summed E-state index contributed by atoms with van der Waals surface area (Å²) in [6.07, 6.45) is 1.55. The van der Waals surface area contributed by atoms with Crippen molar-refractivity contribution in [2.45, 2.75) is 39.7 Å². The van der Waals surface area contributed by atoms with Crippen molar-refractivity contribution in [2.24, 2.45) is 12.0 Å². The first-order valence-corrected chi connectivity index (χ1v) is 8.35. The van der Waals surface area contributed by atoms with E-state index in [0.29, 0.717) is 6.54 Å². The second-order valence-corrected chi connectivity index (χ2v) is 6.55. The molecule has 0 aliphatic rings. The molecule has 24 heavy (non-hydrogen) atoms. The number of hydrogen-bond acceptors (Lipinski definition) is 3. The van der Waals surface area contributed by atoms with Crippen LogP contribution in [-0.4, -0.2) is 33.8 Å². The van der Waals surface area contributed by atoms with E-state index in [1.165, 1.54) is 11.1 Å². The Hall–Kier alpha value is -2.37. The lowest BCUT2D eigenvalue weighted by Crippen LogP contribution is -2.43. The molecule has 0 saturated carbocycles. The number of guanidine groups is 1. The van der Waals surface area contributed by atoms with Crippen LogP contribution in [0.25, 0.3) is 0 Å². The summed E-state index contributed by atoms with van der Waals surface area (Å²) in [5.41, 5.74) is 2.67. The van der Waals surface area contributed by atoms with Crippen molar-refractivity contribution in [3.05, 3.63) is 47.5 Å². The van der Waals surface area contributed by atoms with E-state index in [9.17, 15) is 0 Å². The first-order valence-electron chi connectivity index (χ1n) is 8.35. The van der Waals surface area contributed by atoms with Gasteiger partial charge in [0.05, 0.1) is 0 Å². The van der Waals surface area contributed by atoms with Crippen LogP contribution in [0.3, 0.4) is 0 Å².